The van der Waals surface area contributed by atoms with Crippen molar-refractivity contribution < 1.29 is 15.0 Å². The Morgan fingerprint density at radius 3 is 2.94 bits per heavy atom. The van der Waals surface area contributed by atoms with Gasteiger partial charge in [0.05, 0.1) is 5.92 Å². The standard InChI is InChI=1S/C12H15NO3/c14-9-3-1-2-8(6-9)11-7-13-5-4-10(11)12(15)16/h1-3,6,10-11,13-14H,4-5,7H2,(H,15,16). The van der Waals surface area contributed by atoms with Crippen LogP contribution in [0.2, 0.25) is 0 Å². The van der Waals surface area contributed by atoms with Crippen LogP contribution < -0.4 is 5.32 Å². The summed E-state index contributed by atoms with van der Waals surface area (Å²) in [5, 5.41) is 21.7. The quantitative estimate of drug-likeness (QED) is 0.701. The zero-order valence-electron chi connectivity index (χ0n) is 8.89. The minimum Gasteiger partial charge on any atom is -0.508 e. The van der Waals surface area contributed by atoms with Crippen LogP contribution in [0.5, 0.6) is 5.75 Å². The Bertz CT molecular complexity index is 392. The monoisotopic (exact) mass is 221 g/mol. The fourth-order valence-corrected chi connectivity index (χ4v) is 2.26. The van der Waals surface area contributed by atoms with E-state index < -0.39 is 5.97 Å². The van der Waals surface area contributed by atoms with E-state index in [0.717, 1.165) is 12.1 Å². The molecule has 1 aliphatic heterocycles. The molecule has 1 fully saturated rings. The molecule has 2 rings (SSSR count). The molecular formula is C12H15NO3. The predicted octanol–water partition coefficient (Wildman–Crippen LogP) is 1.17. The van der Waals surface area contributed by atoms with Crippen LogP contribution in [0.1, 0.15) is 17.9 Å². The Labute approximate surface area is 93.9 Å². The summed E-state index contributed by atoms with van der Waals surface area (Å²) in [5.74, 6) is -0.983. The van der Waals surface area contributed by atoms with Crippen molar-refractivity contribution in [1.82, 2.24) is 5.32 Å². The van der Waals surface area contributed by atoms with Crippen LogP contribution in [0.4, 0.5) is 0 Å². The third-order valence-corrected chi connectivity index (χ3v) is 3.10. The summed E-state index contributed by atoms with van der Waals surface area (Å²) >= 11 is 0. The molecule has 0 radical (unpaired) electrons. The maximum Gasteiger partial charge on any atom is 0.307 e. The number of phenolic OH excluding ortho intramolecular Hbond substituents is 1. The van der Waals surface area contributed by atoms with Gasteiger partial charge in [-0.15, -0.1) is 0 Å². The molecule has 1 aromatic carbocycles. The third-order valence-electron chi connectivity index (χ3n) is 3.10. The van der Waals surface area contributed by atoms with Gasteiger partial charge in [-0.1, -0.05) is 12.1 Å². The lowest BCUT2D eigenvalue weighted by atomic mass is 9.81. The third kappa shape index (κ3) is 2.17. The normalized spacial score (nSPS) is 25.2. The summed E-state index contributed by atoms with van der Waals surface area (Å²) in [5.41, 5.74) is 0.889. The first kappa shape index (κ1) is 11.0. The van der Waals surface area contributed by atoms with E-state index in [4.69, 9.17) is 5.11 Å². The largest absolute Gasteiger partial charge is 0.508 e. The number of aliphatic carboxylic acids is 1. The second kappa shape index (κ2) is 4.53. The van der Waals surface area contributed by atoms with Crippen molar-refractivity contribution in [1.29, 1.82) is 0 Å². The van der Waals surface area contributed by atoms with E-state index in [2.05, 4.69) is 5.32 Å². The van der Waals surface area contributed by atoms with E-state index in [9.17, 15) is 9.90 Å². The van der Waals surface area contributed by atoms with Gasteiger partial charge in [0.15, 0.2) is 0 Å². The molecule has 86 valence electrons. The number of benzene rings is 1. The van der Waals surface area contributed by atoms with Crippen LogP contribution in [0.15, 0.2) is 24.3 Å². The molecule has 2 atom stereocenters. The maximum atomic E-state index is 11.1. The number of carboxylic acid groups (broad SMARTS) is 1. The average Bonchev–Trinajstić information content (AvgIpc) is 2.29. The molecule has 0 aromatic heterocycles. The summed E-state index contributed by atoms with van der Waals surface area (Å²) in [4.78, 5) is 11.1. The van der Waals surface area contributed by atoms with Crippen LogP contribution in [0, 0.1) is 5.92 Å². The first-order valence-electron chi connectivity index (χ1n) is 5.41. The molecule has 2 unspecified atom stereocenters. The van der Waals surface area contributed by atoms with E-state index in [1.54, 1.807) is 18.2 Å². The van der Waals surface area contributed by atoms with Crippen molar-refractivity contribution in [2.45, 2.75) is 12.3 Å². The molecule has 4 nitrogen and oxygen atoms in total. The number of carbonyl (C=O) groups is 1. The highest BCUT2D eigenvalue weighted by atomic mass is 16.4. The number of rotatable bonds is 2. The van der Waals surface area contributed by atoms with Gasteiger partial charge in [-0.2, -0.15) is 0 Å². The summed E-state index contributed by atoms with van der Waals surface area (Å²) in [6, 6.07) is 6.86. The first-order valence-corrected chi connectivity index (χ1v) is 5.41. The van der Waals surface area contributed by atoms with Gasteiger partial charge in [0.2, 0.25) is 0 Å². The van der Waals surface area contributed by atoms with Gasteiger partial charge >= 0.3 is 5.97 Å². The second-order valence-corrected chi connectivity index (χ2v) is 4.14. The van der Waals surface area contributed by atoms with Crippen molar-refractivity contribution in [3.8, 4) is 5.75 Å². The Balaban J connectivity index is 2.26. The number of piperidine rings is 1. The zero-order valence-corrected chi connectivity index (χ0v) is 8.89. The average molecular weight is 221 g/mol. The highest BCUT2D eigenvalue weighted by molar-refractivity contribution is 5.71. The summed E-state index contributed by atoms with van der Waals surface area (Å²) < 4.78 is 0. The first-order chi connectivity index (χ1) is 7.68. The molecule has 0 saturated carbocycles. The molecule has 16 heavy (non-hydrogen) atoms. The van der Waals surface area contributed by atoms with E-state index in [1.165, 1.54) is 0 Å². The number of carboxylic acids is 1. The topological polar surface area (TPSA) is 69.6 Å². The summed E-state index contributed by atoms with van der Waals surface area (Å²) in [7, 11) is 0. The number of hydrogen-bond donors (Lipinski definition) is 3. The summed E-state index contributed by atoms with van der Waals surface area (Å²) in [6.07, 6.45) is 0.635. The Morgan fingerprint density at radius 1 is 1.44 bits per heavy atom. The van der Waals surface area contributed by atoms with Gasteiger partial charge in [0.1, 0.15) is 5.75 Å². The fourth-order valence-electron chi connectivity index (χ4n) is 2.26. The molecule has 1 aromatic rings. The highest BCUT2D eigenvalue weighted by Gasteiger charge is 2.31. The van der Waals surface area contributed by atoms with Gasteiger partial charge in [-0.05, 0) is 30.7 Å². The van der Waals surface area contributed by atoms with E-state index in [0.29, 0.717) is 13.0 Å². The molecule has 0 aliphatic carbocycles. The van der Waals surface area contributed by atoms with E-state index in [-0.39, 0.29) is 17.6 Å². The molecule has 4 heteroatoms. The predicted molar refractivity (Wildman–Crippen MR) is 59.5 cm³/mol. The molecule has 3 N–H and O–H groups in total. The van der Waals surface area contributed by atoms with Crippen molar-refractivity contribution in [3.05, 3.63) is 29.8 Å². The number of nitrogens with one attached hydrogen (secondary N) is 1. The Hall–Kier alpha value is -1.55. The van der Waals surface area contributed by atoms with Gasteiger partial charge < -0.3 is 15.5 Å². The van der Waals surface area contributed by atoms with Crippen LogP contribution in [-0.4, -0.2) is 29.3 Å². The number of hydrogen-bond acceptors (Lipinski definition) is 3. The Morgan fingerprint density at radius 2 is 2.25 bits per heavy atom. The number of aromatic hydroxyl groups is 1. The fraction of sp³-hybridized carbons (Fsp3) is 0.417. The molecule has 0 bridgehead atoms. The van der Waals surface area contributed by atoms with E-state index >= 15 is 0 Å². The maximum absolute atomic E-state index is 11.1. The smallest absolute Gasteiger partial charge is 0.307 e. The van der Waals surface area contributed by atoms with Gasteiger partial charge in [-0.25, -0.2) is 0 Å². The zero-order chi connectivity index (χ0) is 11.5. The lowest BCUT2D eigenvalue weighted by Gasteiger charge is -2.29. The second-order valence-electron chi connectivity index (χ2n) is 4.14. The molecular weight excluding hydrogens is 206 g/mol. The lowest BCUT2D eigenvalue weighted by molar-refractivity contribution is -0.143. The van der Waals surface area contributed by atoms with Crippen LogP contribution in [-0.2, 0) is 4.79 Å². The van der Waals surface area contributed by atoms with Gasteiger partial charge in [0.25, 0.3) is 0 Å². The van der Waals surface area contributed by atoms with Crippen LogP contribution in [0.25, 0.3) is 0 Å². The minimum absolute atomic E-state index is 0.0571. The van der Waals surface area contributed by atoms with Gasteiger partial charge in [0, 0.05) is 12.5 Å². The highest BCUT2D eigenvalue weighted by Crippen LogP contribution is 2.30. The molecule has 0 spiro atoms. The Kier molecular flexibility index (Phi) is 3.10. The van der Waals surface area contributed by atoms with Crippen LogP contribution in [0.3, 0.4) is 0 Å². The molecule has 0 amide bonds. The minimum atomic E-state index is -0.755. The molecule has 1 aliphatic rings. The van der Waals surface area contributed by atoms with Gasteiger partial charge in [-0.3, -0.25) is 4.79 Å². The number of phenols is 1. The van der Waals surface area contributed by atoms with Crippen molar-refractivity contribution >= 4 is 5.97 Å². The SMILES string of the molecule is O=C(O)C1CCNCC1c1cccc(O)c1. The van der Waals surface area contributed by atoms with Crippen LogP contribution >= 0.6 is 0 Å². The van der Waals surface area contributed by atoms with Crippen molar-refractivity contribution in [3.63, 3.8) is 0 Å². The van der Waals surface area contributed by atoms with Crippen molar-refractivity contribution in [2.24, 2.45) is 5.92 Å². The van der Waals surface area contributed by atoms with Crippen molar-refractivity contribution in [2.75, 3.05) is 13.1 Å². The molecule has 1 heterocycles. The molecule has 1 saturated heterocycles. The lowest BCUT2D eigenvalue weighted by Crippen LogP contribution is -2.38. The van der Waals surface area contributed by atoms with E-state index in [1.807, 2.05) is 6.07 Å². The summed E-state index contributed by atoms with van der Waals surface area (Å²) in [6.45, 7) is 1.40.